The van der Waals surface area contributed by atoms with E-state index >= 15 is 0 Å². The Kier molecular flexibility index (Phi) is 8.47. The Balaban J connectivity index is 1.79. The van der Waals surface area contributed by atoms with Gasteiger partial charge in [0.15, 0.2) is 6.61 Å². The Morgan fingerprint density at radius 2 is 1.68 bits per heavy atom. The van der Waals surface area contributed by atoms with Crippen LogP contribution in [0.25, 0.3) is 0 Å². The maximum atomic E-state index is 12.4. The van der Waals surface area contributed by atoms with Crippen molar-refractivity contribution in [2.75, 3.05) is 19.7 Å². The molecule has 2 rings (SSSR count). The van der Waals surface area contributed by atoms with Gasteiger partial charge in [0.05, 0.1) is 4.90 Å². The average molecular weight is 405 g/mol. The lowest BCUT2D eigenvalue weighted by atomic mass is 10.1. The highest BCUT2D eigenvalue weighted by atomic mass is 32.2. The quantitative estimate of drug-likeness (QED) is 0.603. The first-order valence-electron chi connectivity index (χ1n) is 9.40. The molecule has 0 spiro atoms. The van der Waals surface area contributed by atoms with Gasteiger partial charge in [-0.2, -0.15) is 0 Å². The second-order valence-corrected chi connectivity index (χ2v) is 8.69. The lowest BCUT2D eigenvalue weighted by Gasteiger charge is -2.10. The second kappa shape index (κ2) is 10.8. The number of hydrogen-bond acceptors (Lipinski definition) is 4. The van der Waals surface area contributed by atoms with Crippen LogP contribution >= 0.6 is 0 Å². The van der Waals surface area contributed by atoms with Gasteiger partial charge in [-0.25, -0.2) is 13.1 Å². The van der Waals surface area contributed by atoms with Crippen LogP contribution in [0.15, 0.2) is 59.5 Å². The Labute approximate surface area is 167 Å². The predicted octanol–water partition coefficient (Wildman–Crippen LogP) is 2.75. The van der Waals surface area contributed by atoms with Crippen LogP contribution in [0.3, 0.4) is 0 Å². The summed E-state index contributed by atoms with van der Waals surface area (Å²) >= 11 is 0. The summed E-state index contributed by atoms with van der Waals surface area (Å²) in [6, 6.07) is 15.7. The van der Waals surface area contributed by atoms with Gasteiger partial charge in [-0.15, -0.1) is 0 Å². The van der Waals surface area contributed by atoms with Crippen LogP contribution in [0.5, 0.6) is 5.75 Å². The van der Waals surface area contributed by atoms with Crippen LogP contribution < -0.4 is 14.8 Å². The highest BCUT2D eigenvalue weighted by Gasteiger charge is 2.13. The number of rotatable bonds is 11. The smallest absolute Gasteiger partial charge is 0.257 e. The number of amides is 1. The van der Waals surface area contributed by atoms with Crippen molar-refractivity contribution in [2.24, 2.45) is 5.92 Å². The van der Waals surface area contributed by atoms with Crippen LogP contribution in [0.2, 0.25) is 0 Å². The molecule has 0 radical (unpaired) electrons. The second-order valence-electron chi connectivity index (χ2n) is 6.93. The molecular formula is C21H28N2O4S. The summed E-state index contributed by atoms with van der Waals surface area (Å²) in [6.45, 7) is 5.02. The zero-order chi connectivity index (χ0) is 20.4. The summed E-state index contributed by atoms with van der Waals surface area (Å²) in [5, 5.41) is 2.79. The van der Waals surface area contributed by atoms with E-state index in [1.54, 1.807) is 12.1 Å². The molecule has 2 aromatic rings. The minimum atomic E-state index is -3.58. The van der Waals surface area contributed by atoms with Gasteiger partial charge in [-0.3, -0.25) is 4.79 Å². The van der Waals surface area contributed by atoms with E-state index in [2.05, 4.69) is 23.9 Å². The number of carbonyl (C=O) groups excluding carboxylic acids is 1. The SMILES string of the molecule is CC(C)CCNC(=O)COc1ccc(S(=O)(=O)NCCc2ccccc2)cc1. The zero-order valence-corrected chi connectivity index (χ0v) is 17.2. The molecule has 0 fully saturated rings. The third-order valence-corrected chi connectivity index (χ3v) is 5.57. The van der Waals surface area contributed by atoms with E-state index in [1.165, 1.54) is 12.1 Å². The predicted molar refractivity (Wildman–Crippen MR) is 110 cm³/mol. The maximum absolute atomic E-state index is 12.4. The molecule has 0 bridgehead atoms. The van der Waals surface area contributed by atoms with Crippen molar-refractivity contribution in [2.45, 2.75) is 31.6 Å². The van der Waals surface area contributed by atoms with Gasteiger partial charge in [-0.05, 0) is 48.6 Å². The Hall–Kier alpha value is -2.38. The molecule has 152 valence electrons. The van der Waals surface area contributed by atoms with E-state index in [0.29, 0.717) is 31.2 Å². The molecule has 0 atom stereocenters. The summed E-state index contributed by atoms with van der Waals surface area (Å²) in [5.41, 5.74) is 1.07. The van der Waals surface area contributed by atoms with E-state index in [0.717, 1.165) is 12.0 Å². The van der Waals surface area contributed by atoms with Gasteiger partial charge in [0.2, 0.25) is 10.0 Å². The van der Waals surface area contributed by atoms with Crippen LogP contribution in [-0.4, -0.2) is 34.0 Å². The molecule has 2 N–H and O–H groups in total. The fraction of sp³-hybridized carbons (Fsp3) is 0.381. The van der Waals surface area contributed by atoms with Crippen LogP contribution in [-0.2, 0) is 21.2 Å². The summed E-state index contributed by atoms with van der Waals surface area (Å²) in [7, 11) is -3.58. The Bertz CT molecular complexity index is 834. The van der Waals surface area contributed by atoms with Gasteiger partial charge in [-0.1, -0.05) is 44.2 Å². The molecule has 0 aliphatic heterocycles. The Morgan fingerprint density at radius 1 is 1.00 bits per heavy atom. The molecule has 2 aromatic carbocycles. The first kappa shape index (κ1) is 21.9. The molecule has 7 heteroatoms. The van der Waals surface area contributed by atoms with Crippen LogP contribution in [0.4, 0.5) is 0 Å². The number of sulfonamides is 1. The largest absolute Gasteiger partial charge is 0.484 e. The van der Waals surface area contributed by atoms with Crippen molar-refractivity contribution >= 4 is 15.9 Å². The molecule has 0 saturated heterocycles. The third kappa shape index (κ3) is 7.70. The molecular weight excluding hydrogens is 376 g/mol. The van der Waals surface area contributed by atoms with E-state index in [-0.39, 0.29) is 17.4 Å². The zero-order valence-electron chi connectivity index (χ0n) is 16.4. The van der Waals surface area contributed by atoms with Crippen molar-refractivity contribution < 1.29 is 17.9 Å². The van der Waals surface area contributed by atoms with Gasteiger partial charge >= 0.3 is 0 Å². The van der Waals surface area contributed by atoms with Gasteiger partial charge in [0, 0.05) is 13.1 Å². The monoisotopic (exact) mass is 404 g/mol. The first-order valence-corrected chi connectivity index (χ1v) is 10.9. The minimum Gasteiger partial charge on any atom is -0.484 e. The van der Waals surface area contributed by atoms with E-state index in [4.69, 9.17) is 4.74 Å². The molecule has 0 aromatic heterocycles. The first-order chi connectivity index (χ1) is 13.4. The fourth-order valence-electron chi connectivity index (χ4n) is 2.47. The average Bonchev–Trinajstić information content (AvgIpc) is 2.67. The third-order valence-electron chi connectivity index (χ3n) is 4.10. The Morgan fingerprint density at radius 3 is 2.32 bits per heavy atom. The topological polar surface area (TPSA) is 84.5 Å². The van der Waals surface area contributed by atoms with Crippen molar-refractivity contribution in [1.82, 2.24) is 10.0 Å². The van der Waals surface area contributed by atoms with E-state index in [9.17, 15) is 13.2 Å². The number of benzene rings is 2. The molecule has 0 aliphatic rings. The number of nitrogens with one attached hydrogen (secondary N) is 2. The molecule has 0 saturated carbocycles. The van der Waals surface area contributed by atoms with Gasteiger partial charge < -0.3 is 10.1 Å². The highest BCUT2D eigenvalue weighted by molar-refractivity contribution is 7.89. The highest BCUT2D eigenvalue weighted by Crippen LogP contribution is 2.16. The lowest BCUT2D eigenvalue weighted by Crippen LogP contribution is -2.30. The minimum absolute atomic E-state index is 0.0977. The summed E-state index contributed by atoms with van der Waals surface area (Å²) < 4.78 is 32.7. The molecule has 0 heterocycles. The standard InChI is InChI=1S/C21H28N2O4S/c1-17(2)12-14-22-21(24)16-27-19-8-10-20(11-9-19)28(25,26)23-15-13-18-6-4-3-5-7-18/h3-11,17,23H,12-16H2,1-2H3,(H,22,24). The maximum Gasteiger partial charge on any atom is 0.257 e. The van der Waals surface area contributed by atoms with E-state index < -0.39 is 10.0 Å². The van der Waals surface area contributed by atoms with Crippen molar-refractivity contribution in [1.29, 1.82) is 0 Å². The van der Waals surface area contributed by atoms with Gasteiger partial charge in [0.25, 0.3) is 5.91 Å². The summed E-state index contributed by atoms with van der Waals surface area (Å²) in [5.74, 6) is 0.777. The molecule has 0 unspecified atom stereocenters. The van der Waals surface area contributed by atoms with Gasteiger partial charge in [0.1, 0.15) is 5.75 Å². The van der Waals surface area contributed by atoms with Crippen LogP contribution in [0, 0.1) is 5.92 Å². The summed E-state index contributed by atoms with van der Waals surface area (Å²) in [4.78, 5) is 11.9. The molecule has 28 heavy (non-hydrogen) atoms. The summed E-state index contributed by atoms with van der Waals surface area (Å²) in [6.07, 6.45) is 1.53. The molecule has 0 aliphatic carbocycles. The number of ether oxygens (including phenoxy) is 1. The normalized spacial score (nSPS) is 11.4. The number of hydrogen-bond donors (Lipinski definition) is 2. The van der Waals surface area contributed by atoms with Crippen molar-refractivity contribution in [3.63, 3.8) is 0 Å². The fourth-order valence-corrected chi connectivity index (χ4v) is 3.50. The number of carbonyl (C=O) groups is 1. The van der Waals surface area contributed by atoms with E-state index in [1.807, 2.05) is 30.3 Å². The lowest BCUT2D eigenvalue weighted by molar-refractivity contribution is -0.123. The molecule has 1 amide bonds. The van der Waals surface area contributed by atoms with Crippen LogP contribution in [0.1, 0.15) is 25.8 Å². The van der Waals surface area contributed by atoms with Crippen molar-refractivity contribution in [3.05, 3.63) is 60.2 Å². The van der Waals surface area contributed by atoms with Crippen molar-refractivity contribution in [3.8, 4) is 5.75 Å². The molecule has 6 nitrogen and oxygen atoms in total.